The van der Waals surface area contributed by atoms with Crippen LogP contribution < -0.4 is 5.32 Å². The fourth-order valence-electron chi connectivity index (χ4n) is 3.10. The Kier molecular flexibility index (Phi) is 4.71. The van der Waals surface area contributed by atoms with Gasteiger partial charge in [0.05, 0.1) is 10.8 Å². The Morgan fingerprint density at radius 2 is 2.12 bits per heavy atom. The third-order valence-electron chi connectivity index (χ3n) is 4.53. The molecule has 134 valence electrons. The predicted molar refractivity (Wildman–Crippen MR) is 101 cm³/mol. The average molecular weight is 368 g/mol. The quantitative estimate of drug-likeness (QED) is 0.738. The lowest BCUT2D eigenvalue weighted by molar-refractivity contribution is 0.187. The van der Waals surface area contributed by atoms with E-state index in [1.807, 2.05) is 53.6 Å². The smallest absolute Gasteiger partial charge is 0.321 e. The fourth-order valence-corrected chi connectivity index (χ4v) is 3.75. The molecule has 1 N–H and O–H groups in total. The number of carbonyl (C=O) groups excluding carboxylic acids is 1. The molecule has 6 nitrogen and oxygen atoms in total. The minimum atomic E-state index is -0.0865. The van der Waals surface area contributed by atoms with Gasteiger partial charge in [-0.3, -0.25) is 0 Å². The third-order valence-corrected chi connectivity index (χ3v) is 5.39. The molecule has 4 rings (SSSR count). The van der Waals surface area contributed by atoms with Gasteiger partial charge in [-0.15, -0.1) is 21.5 Å². The summed E-state index contributed by atoms with van der Waals surface area (Å²) >= 11 is 1.57. The van der Waals surface area contributed by atoms with Gasteiger partial charge in [-0.2, -0.15) is 0 Å². The number of hydrogen-bond donors (Lipinski definition) is 1. The average Bonchev–Trinajstić information content (AvgIpc) is 3.35. The first-order valence-electron chi connectivity index (χ1n) is 8.69. The van der Waals surface area contributed by atoms with E-state index in [0.717, 1.165) is 30.0 Å². The van der Waals surface area contributed by atoms with Crippen molar-refractivity contribution in [3.05, 3.63) is 53.2 Å². The number of rotatable bonds is 3. The second-order valence-electron chi connectivity index (χ2n) is 6.50. The number of likely N-dealkylation sites (tertiary alicyclic amines) is 1. The maximum Gasteiger partial charge on any atom is 0.321 e. The van der Waals surface area contributed by atoms with Crippen molar-refractivity contribution in [2.45, 2.75) is 25.7 Å². The normalized spacial score (nSPS) is 17.3. The summed E-state index contributed by atoms with van der Waals surface area (Å²) in [5, 5.41) is 13.3. The number of urea groups is 1. The lowest BCUT2D eigenvalue weighted by atomic mass is 9.98. The van der Waals surface area contributed by atoms with Crippen LogP contribution in [0.5, 0.6) is 0 Å². The first-order chi connectivity index (χ1) is 12.7. The lowest BCUT2D eigenvalue weighted by Gasteiger charge is -2.31. The van der Waals surface area contributed by atoms with Crippen LogP contribution in [0.4, 0.5) is 10.5 Å². The van der Waals surface area contributed by atoms with E-state index in [1.54, 1.807) is 11.3 Å². The van der Waals surface area contributed by atoms with Crippen molar-refractivity contribution in [1.82, 2.24) is 15.1 Å². The minimum Gasteiger partial charge on any atom is -0.420 e. The van der Waals surface area contributed by atoms with Crippen LogP contribution in [0.3, 0.4) is 0 Å². The monoisotopic (exact) mass is 368 g/mol. The number of anilines is 1. The van der Waals surface area contributed by atoms with Gasteiger partial charge in [-0.1, -0.05) is 23.8 Å². The van der Waals surface area contributed by atoms with Crippen LogP contribution in [0.15, 0.2) is 46.2 Å². The molecular weight excluding hydrogens is 348 g/mol. The molecule has 2 aromatic heterocycles. The van der Waals surface area contributed by atoms with Crippen LogP contribution in [0.1, 0.15) is 30.2 Å². The lowest BCUT2D eigenvalue weighted by Crippen LogP contribution is -2.41. The highest BCUT2D eigenvalue weighted by Crippen LogP contribution is 2.30. The summed E-state index contributed by atoms with van der Waals surface area (Å²) < 4.78 is 5.86. The number of aryl methyl sites for hydroxylation is 1. The van der Waals surface area contributed by atoms with Gasteiger partial charge >= 0.3 is 6.03 Å². The van der Waals surface area contributed by atoms with Gasteiger partial charge in [0.2, 0.25) is 5.89 Å². The highest BCUT2D eigenvalue weighted by atomic mass is 32.1. The molecule has 0 aliphatic carbocycles. The first kappa shape index (κ1) is 16.8. The van der Waals surface area contributed by atoms with Gasteiger partial charge in [0, 0.05) is 18.8 Å². The number of nitrogens with one attached hydrogen (secondary N) is 1. The Hall–Kier alpha value is -2.67. The maximum absolute atomic E-state index is 12.6. The van der Waals surface area contributed by atoms with Gasteiger partial charge in [0.15, 0.2) is 0 Å². The van der Waals surface area contributed by atoms with Gasteiger partial charge < -0.3 is 14.6 Å². The molecule has 0 radical (unpaired) electrons. The molecule has 1 atom stereocenters. The minimum absolute atomic E-state index is 0.0775. The standard InChI is InChI=1S/C19H20N4O2S/c1-13-6-8-15(9-7-13)20-19(24)23-10-2-4-14(12-23)17-21-22-18(25-17)16-5-3-11-26-16/h3,5-9,11,14H,2,4,10,12H2,1H3,(H,20,24). The first-order valence-corrected chi connectivity index (χ1v) is 9.57. The molecule has 1 unspecified atom stereocenters. The Balaban J connectivity index is 1.42. The molecule has 3 aromatic rings. The molecule has 7 heteroatoms. The molecule has 1 aliphatic rings. The number of thiophene rings is 1. The number of aromatic nitrogens is 2. The van der Waals surface area contributed by atoms with Crippen molar-refractivity contribution in [3.8, 4) is 10.8 Å². The van der Waals surface area contributed by atoms with Crippen LogP contribution in [0, 0.1) is 6.92 Å². The van der Waals surface area contributed by atoms with Gasteiger partial charge in [-0.05, 0) is 43.3 Å². The van der Waals surface area contributed by atoms with Crippen LogP contribution in [0.25, 0.3) is 10.8 Å². The molecule has 1 saturated heterocycles. The number of hydrogen-bond acceptors (Lipinski definition) is 5. The number of benzene rings is 1. The SMILES string of the molecule is Cc1ccc(NC(=O)N2CCCC(c3nnc(-c4cccs4)o3)C2)cc1. The van der Waals surface area contributed by atoms with Crippen molar-refractivity contribution in [1.29, 1.82) is 0 Å². The van der Waals surface area contributed by atoms with Crippen molar-refractivity contribution in [3.63, 3.8) is 0 Å². The van der Waals surface area contributed by atoms with Crippen LogP contribution in [0.2, 0.25) is 0 Å². The molecule has 0 spiro atoms. The fraction of sp³-hybridized carbons (Fsp3) is 0.316. The zero-order valence-electron chi connectivity index (χ0n) is 14.5. The van der Waals surface area contributed by atoms with Crippen LogP contribution in [-0.2, 0) is 0 Å². The summed E-state index contributed by atoms with van der Waals surface area (Å²) in [6, 6.07) is 11.6. The highest BCUT2D eigenvalue weighted by molar-refractivity contribution is 7.13. The third kappa shape index (κ3) is 3.62. The molecule has 1 fully saturated rings. The topological polar surface area (TPSA) is 71.3 Å². The molecule has 1 aromatic carbocycles. The van der Waals surface area contributed by atoms with Crippen molar-refractivity contribution in [2.75, 3.05) is 18.4 Å². The second kappa shape index (κ2) is 7.29. The predicted octanol–water partition coefficient (Wildman–Crippen LogP) is 4.52. The van der Waals surface area contributed by atoms with Gasteiger partial charge in [0.25, 0.3) is 5.89 Å². The number of nitrogens with zero attached hydrogens (tertiary/aromatic N) is 3. The summed E-state index contributed by atoms with van der Waals surface area (Å²) in [5.41, 5.74) is 1.97. The van der Waals surface area contributed by atoms with Crippen molar-refractivity contribution >= 4 is 23.1 Å². The van der Waals surface area contributed by atoms with E-state index in [-0.39, 0.29) is 11.9 Å². The Morgan fingerprint density at radius 1 is 1.27 bits per heavy atom. The van der Waals surface area contributed by atoms with E-state index in [1.165, 1.54) is 5.56 Å². The molecule has 26 heavy (non-hydrogen) atoms. The number of amides is 2. The van der Waals surface area contributed by atoms with E-state index in [0.29, 0.717) is 18.3 Å². The van der Waals surface area contributed by atoms with E-state index in [2.05, 4.69) is 15.5 Å². The van der Waals surface area contributed by atoms with Gasteiger partial charge in [-0.25, -0.2) is 4.79 Å². The Morgan fingerprint density at radius 3 is 2.88 bits per heavy atom. The summed E-state index contributed by atoms with van der Waals surface area (Å²) in [6.07, 6.45) is 1.86. The molecule has 3 heterocycles. The summed E-state index contributed by atoms with van der Waals surface area (Å²) in [6.45, 7) is 3.35. The largest absolute Gasteiger partial charge is 0.420 e. The van der Waals surface area contributed by atoms with Gasteiger partial charge in [0.1, 0.15) is 0 Å². The Labute approximate surface area is 155 Å². The number of piperidine rings is 1. The van der Waals surface area contributed by atoms with E-state index >= 15 is 0 Å². The molecule has 0 bridgehead atoms. The van der Waals surface area contributed by atoms with Crippen LogP contribution in [-0.4, -0.2) is 34.2 Å². The molecule has 2 amide bonds. The second-order valence-corrected chi connectivity index (χ2v) is 7.45. The molecule has 1 aliphatic heterocycles. The summed E-state index contributed by atoms with van der Waals surface area (Å²) in [5.74, 6) is 1.24. The van der Waals surface area contributed by atoms with E-state index < -0.39 is 0 Å². The van der Waals surface area contributed by atoms with Crippen molar-refractivity contribution in [2.24, 2.45) is 0 Å². The summed E-state index contributed by atoms with van der Waals surface area (Å²) in [7, 11) is 0. The molecule has 0 saturated carbocycles. The highest BCUT2D eigenvalue weighted by Gasteiger charge is 2.28. The van der Waals surface area contributed by atoms with E-state index in [9.17, 15) is 4.79 Å². The number of carbonyl (C=O) groups is 1. The van der Waals surface area contributed by atoms with Crippen molar-refractivity contribution < 1.29 is 9.21 Å². The maximum atomic E-state index is 12.6. The molecular formula is C19H20N4O2S. The van der Waals surface area contributed by atoms with E-state index in [4.69, 9.17) is 4.42 Å². The zero-order chi connectivity index (χ0) is 17.9. The Bertz CT molecular complexity index is 873. The summed E-state index contributed by atoms with van der Waals surface area (Å²) in [4.78, 5) is 15.4. The van der Waals surface area contributed by atoms with Crippen LogP contribution >= 0.6 is 11.3 Å². The zero-order valence-corrected chi connectivity index (χ0v) is 15.3.